The molecule has 2 aromatic rings. The van der Waals surface area contributed by atoms with Crippen LogP contribution >= 0.6 is 11.3 Å². The molecule has 0 unspecified atom stereocenters. The molecule has 0 radical (unpaired) electrons. The van der Waals surface area contributed by atoms with E-state index in [0.29, 0.717) is 5.01 Å². The Bertz CT molecular complexity index is 490. The fourth-order valence-electron chi connectivity index (χ4n) is 1.10. The van der Waals surface area contributed by atoms with Crippen molar-refractivity contribution < 1.29 is 9.90 Å². The third-order valence-electron chi connectivity index (χ3n) is 1.88. The average molecular weight is 220 g/mol. The van der Waals surface area contributed by atoms with Crippen LogP contribution in [0.3, 0.4) is 0 Å². The van der Waals surface area contributed by atoms with Gasteiger partial charge in [0.05, 0.1) is 0 Å². The number of thiazole rings is 1. The van der Waals surface area contributed by atoms with Gasteiger partial charge in [0.15, 0.2) is 5.69 Å². The van der Waals surface area contributed by atoms with E-state index in [4.69, 9.17) is 5.11 Å². The van der Waals surface area contributed by atoms with Gasteiger partial charge in [0.2, 0.25) is 0 Å². The van der Waals surface area contributed by atoms with Crippen LogP contribution in [0.2, 0.25) is 0 Å². The van der Waals surface area contributed by atoms with Crippen LogP contribution in [0.25, 0.3) is 10.6 Å². The Morgan fingerprint density at radius 1 is 1.47 bits per heavy atom. The zero-order valence-electron chi connectivity index (χ0n) is 7.97. The molecule has 0 saturated carbocycles. The van der Waals surface area contributed by atoms with Crippen LogP contribution in [0.15, 0.2) is 23.7 Å². The van der Waals surface area contributed by atoms with Crippen LogP contribution in [0.1, 0.15) is 16.2 Å². The van der Waals surface area contributed by atoms with Crippen molar-refractivity contribution in [2.45, 2.75) is 6.92 Å². The molecule has 1 N–H and O–H groups in total. The van der Waals surface area contributed by atoms with Gasteiger partial charge in [-0.05, 0) is 19.1 Å². The molecule has 0 aliphatic carbocycles. The average Bonchev–Trinajstić information content (AvgIpc) is 2.68. The number of aromatic carboxylic acids is 1. The maximum absolute atomic E-state index is 10.6. The standard InChI is InChI=1S/C10H8N2O2S/c1-6-2-3-7(4-11-6)9-12-8(5-15-9)10(13)14/h2-5H,1H3,(H,13,14). The van der Waals surface area contributed by atoms with Crippen molar-refractivity contribution in [3.8, 4) is 10.6 Å². The van der Waals surface area contributed by atoms with E-state index in [1.54, 1.807) is 6.20 Å². The Morgan fingerprint density at radius 3 is 2.80 bits per heavy atom. The lowest BCUT2D eigenvalue weighted by Crippen LogP contribution is -1.95. The second-order valence-electron chi connectivity index (χ2n) is 3.03. The number of carboxylic acids is 1. The molecule has 4 nitrogen and oxygen atoms in total. The first kappa shape index (κ1) is 9.79. The minimum Gasteiger partial charge on any atom is -0.476 e. The molecule has 0 aliphatic rings. The topological polar surface area (TPSA) is 63.1 Å². The Balaban J connectivity index is 2.37. The molecule has 2 heterocycles. The Hall–Kier alpha value is -1.75. The van der Waals surface area contributed by atoms with Crippen LogP contribution in [-0.2, 0) is 0 Å². The first-order valence-corrected chi connectivity index (χ1v) is 5.16. The molecular weight excluding hydrogens is 212 g/mol. The van der Waals surface area contributed by atoms with Gasteiger partial charge >= 0.3 is 5.97 Å². The van der Waals surface area contributed by atoms with Crippen molar-refractivity contribution in [2.75, 3.05) is 0 Å². The predicted octanol–water partition coefficient (Wildman–Crippen LogP) is 2.21. The quantitative estimate of drug-likeness (QED) is 0.842. The predicted molar refractivity (Wildman–Crippen MR) is 57.0 cm³/mol. The van der Waals surface area contributed by atoms with Crippen molar-refractivity contribution in [3.63, 3.8) is 0 Å². The van der Waals surface area contributed by atoms with E-state index < -0.39 is 5.97 Å². The summed E-state index contributed by atoms with van der Waals surface area (Å²) in [4.78, 5) is 18.7. The number of carbonyl (C=O) groups is 1. The molecule has 0 saturated heterocycles. The Kier molecular flexibility index (Phi) is 2.47. The Morgan fingerprint density at radius 2 is 2.27 bits per heavy atom. The number of carboxylic acid groups (broad SMARTS) is 1. The molecule has 76 valence electrons. The molecule has 0 fully saturated rings. The lowest BCUT2D eigenvalue weighted by atomic mass is 10.3. The van der Waals surface area contributed by atoms with E-state index >= 15 is 0 Å². The van der Waals surface area contributed by atoms with E-state index in [0.717, 1.165) is 11.3 Å². The van der Waals surface area contributed by atoms with Crippen molar-refractivity contribution >= 4 is 17.3 Å². The summed E-state index contributed by atoms with van der Waals surface area (Å²) in [5.41, 5.74) is 1.85. The number of rotatable bonds is 2. The van der Waals surface area contributed by atoms with Crippen molar-refractivity contribution in [3.05, 3.63) is 35.1 Å². The van der Waals surface area contributed by atoms with Crippen molar-refractivity contribution in [1.82, 2.24) is 9.97 Å². The number of aryl methyl sites for hydroxylation is 1. The minimum atomic E-state index is -1.00. The maximum Gasteiger partial charge on any atom is 0.355 e. The normalized spacial score (nSPS) is 10.2. The minimum absolute atomic E-state index is 0.0792. The van der Waals surface area contributed by atoms with Crippen molar-refractivity contribution in [1.29, 1.82) is 0 Å². The van der Waals surface area contributed by atoms with Gasteiger partial charge in [-0.1, -0.05) is 0 Å². The van der Waals surface area contributed by atoms with Gasteiger partial charge in [0.1, 0.15) is 5.01 Å². The highest BCUT2D eigenvalue weighted by molar-refractivity contribution is 7.13. The zero-order valence-corrected chi connectivity index (χ0v) is 8.78. The summed E-state index contributed by atoms with van der Waals surface area (Å²) < 4.78 is 0. The highest BCUT2D eigenvalue weighted by Crippen LogP contribution is 2.22. The highest BCUT2D eigenvalue weighted by atomic mass is 32.1. The summed E-state index contributed by atoms with van der Waals surface area (Å²) in [7, 11) is 0. The number of hydrogen-bond donors (Lipinski definition) is 1. The smallest absolute Gasteiger partial charge is 0.355 e. The first-order chi connectivity index (χ1) is 7.16. The molecule has 2 rings (SSSR count). The summed E-state index contributed by atoms with van der Waals surface area (Å²) in [5.74, 6) is -1.00. The SMILES string of the molecule is Cc1ccc(-c2nc(C(=O)O)cs2)cn1. The van der Waals surface area contributed by atoms with E-state index in [1.807, 2.05) is 19.1 Å². The van der Waals surface area contributed by atoms with Gasteiger partial charge < -0.3 is 5.11 Å². The fourth-order valence-corrected chi connectivity index (χ4v) is 1.88. The monoisotopic (exact) mass is 220 g/mol. The summed E-state index contributed by atoms with van der Waals surface area (Å²) in [6.07, 6.45) is 1.69. The molecule has 5 heteroatoms. The molecule has 15 heavy (non-hydrogen) atoms. The fraction of sp³-hybridized carbons (Fsp3) is 0.100. The van der Waals surface area contributed by atoms with Crippen LogP contribution in [0.4, 0.5) is 0 Å². The largest absolute Gasteiger partial charge is 0.476 e. The summed E-state index contributed by atoms with van der Waals surface area (Å²) in [6.45, 7) is 1.90. The summed E-state index contributed by atoms with van der Waals surface area (Å²) in [5, 5.41) is 10.9. The van der Waals surface area contributed by atoms with E-state index in [1.165, 1.54) is 16.7 Å². The lowest BCUT2D eigenvalue weighted by Gasteiger charge is -1.95. The van der Waals surface area contributed by atoms with Crippen LogP contribution in [-0.4, -0.2) is 21.0 Å². The van der Waals surface area contributed by atoms with Gasteiger partial charge in [0.25, 0.3) is 0 Å². The second-order valence-corrected chi connectivity index (χ2v) is 3.89. The van der Waals surface area contributed by atoms with Crippen molar-refractivity contribution in [2.24, 2.45) is 0 Å². The summed E-state index contributed by atoms with van der Waals surface area (Å²) in [6, 6.07) is 3.75. The van der Waals surface area contributed by atoms with E-state index in [2.05, 4.69) is 9.97 Å². The van der Waals surface area contributed by atoms with Crippen LogP contribution in [0, 0.1) is 6.92 Å². The maximum atomic E-state index is 10.6. The third kappa shape index (κ3) is 2.02. The van der Waals surface area contributed by atoms with Gasteiger partial charge in [-0.2, -0.15) is 0 Å². The second kappa shape index (κ2) is 3.78. The van der Waals surface area contributed by atoms with Gasteiger partial charge in [0, 0.05) is 22.8 Å². The molecule has 0 aliphatic heterocycles. The van der Waals surface area contributed by atoms with Crippen LogP contribution in [0.5, 0.6) is 0 Å². The molecular formula is C10H8N2O2S. The molecule has 0 spiro atoms. The zero-order chi connectivity index (χ0) is 10.8. The Labute approximate surface area is 90.3 Å². The van der Waals surface area contributed by atoms with Gasteiger partial charge in [-0.15, -0.1) is 11.3 Å². The molecule has 0 bridgehead atoms. The van der Waals surface area contributed by atoms with E-state index in [9.17, 15) is 4.79 Å². The molecule has 0 aromatic carbocycles. The molecule has 0 atom stereocenters. The van der Waals surface area contributed by atoms with Gasteiger partial charge in [-0.3, -0.25) is 4.98 Å². The first-order valence-electron chi connectivity index (χ1n) is 4.28. The number of hydrogen-bond acceptors (Lipinski definition) is 4. The lowest BCUT2D eigenvalue weighted by molar-refractivity contribution is 0.0691. The van der Waals surface area contributed by atoms with Gasteiger partial charge in [-0.25, -0.2) is 9.78 Å². The third-order valence-corrected chi connectivity index (χ3v) is 2.77. The number of aromatic nitrogens is 2. The number of pyridine rings is 1. The molecule has 2 aromatic heterocycles. The summed E-state index contributed by atoms with van der Waals surface area (Å²) >= 11 is 1.30. The molecule has 0 amide bonds. The van der Waals surface area contributed by atoms with E-state index in [-0.39, 0.29) is 5.69 Å². The highest BCUT2D eigenvalue weighted by Gasteiger charge is 2.09. The number of nitrogens with zero attached hydrogens (tertiary/aromatic N) is 2. The van der Waals surface area contributed by atoms with Crippen LogP contribution < -0.4 is 0 Å².